The summed E-state index contributed by atoms with van der Waals surface area (Å²) in [6, 6.07) is 9.21. The van der Waals surface area contributed by atoms with Crippen molar-refractivity contribution in [2.24, 2.45) is 15.3 Å². The highest BCUT2D eigenvalue weighted by atomic mass is 32.2. The Morgan fingerprint density at radius 1 is 1.00 bits per heavy atom. The normalized spacial score (nSPS) is 15.6. The number of nitrogens with one attached hydrogen (secondary N) is 1. The highest BCUT2D eigenvalue weighted by molar-refractivity contribution is 7.86. The summed E-state index contributed by atoms with van der Waals surface area (Å²) >= 11 is 1.13. The monoisotopic (exact) mass is 608 g/mol. The van der Waals surface area contributed by atoms with Crippen LogP contribution in [0.3, 0.4) is 0 Å². The van der Waals surface area contributed by atoms with E-state index in [-0.39, 0.29) is 24.7 Å². The number of rotatable bonds is 11. The molecule has 1 amide bonds. The van der Waals surface area contributed by atoms with Crippen molar-refractivity contribution in [3.8, 4) is 10.6 Å². The number of quaternary nitrogens is 1. The maximum absolute atomic E-state index is 12.0. The first-order chi connectivity index (χ1) is 19.5. The number of aryl methyl sites for hydroxylation is 1. The lowest BCUT2D eigenvalue weighted by Gasteiger charge is -2.15. The lowest BCUT2D eigenvalue weighted by Crippen LogP contribution is -3.13. The van der Waals surface area contributed by atoms with Gasteiger partial charge in [-0.15, -0.1) is 11.3 Å². The molecule has 0 saturated heterocycles. The number of carbonyl (C=O) groups is 1. The van der Waals surface area contributed by atoms with Crippen LogP contribution in [0.4, 0.5) is 5.69 Å². The van der Waals surface area contributed by atoms with Gasteiger partial charge in [0.25, 0.3) is 5.91 Å². The molecule has 2 heterocycles. The third-order valence-electron chi connectivity index (χ3n) is 6.05. The Labute approximate surface area is 240 Å². The smallest absolute Gasteiger partial charge is 0.277 e. The minimum Gasteiger partial charge on any atom is -0.744 e. The van der Waals surface area contributed by atoms with Crippen LogP contribution in [-0.2, 0) is 14.9 Å². The van der Waals surface area contributed by atoms with Crippen molar-refractivity contribution in [2.75, 3.05) is 46.2 Å². The van der Waals surface area contributed by atoms with Crippen molar-refractivity contribution in [3.05, 3.63) is 42.0 Å². The van der Waals surface area contributed by atoms with Gasteiger partial charge in [-0.05, 0) is 49.7 Å². The average Bonchev–Trinajstić information content (AvgIpc) is 3.47. The van der Waals surface area contributed by atoms with Gasteiger partial charge in [-0.25, -0.2) is 18.4 Å². The Kier molecular flexibility index (Phi) is 11.5. The predicted molar refractivity (Wildman–Crippen MR) is 150 cm³/mol. The SMILES string of the molecule is CC1=NN(CO)C(=O)C1N=Nc1ccc(-c2nc3ccc(C)c(S(=O)(=O)[O-])c3s2)cc1.OCC[NH+](CCO)CCO. The van der Waals surface area contributed by atoms with Crippen LogP contribution in [-0.4, -0.2) is 107 Å². The van der Waals surface area contributed by atoms with Gasteiger partial charge in [0, 0.05) is 5.56 Å². The zero-order valence-electron chi connectivity index (χ0n) is 22.5. The van der Waals surface area contributed by atoms with E-state index in [1.54, 1.807) is 50.2 Å². The number of aliphatic hydroxyl groups excluding tert-OH is 4. The molecule has 14 nitrogen and oxygen atoms in total. The van der Waals surface area contributed by atoms with Crippen LogP contribution in [0.25, 0.3) is 20.8 Å². The first kappa shape index (κ1) is 32.3. The Morgan fingerprint density at radius 2 is 1.61 bits per heavy atom. The molecule has 1 atom stereocenters. The van der Waals surface area contributed by atoms with Crippen molar-refractivity contribution in [1.29, 1.82) is 0 Å². The number of benzene rings is 2. The molecule has 41 heavy (non-hydrogen) atoms. The Bertz CT molecular complexity index is 1490. The van der Waals surface area contributed by atoms with E-state index in [0.717, 1.165) is 21.2 Å². The van der Waals surface area contributed by atoms with Crippen LogP contribution < -0.4 is 4.90 Å². The number of carbonyl (C=O) groups excluding carboxylic acids is 1. The molecule has 1 aliphatic rings. The van der Waals surface area contributed by atoms with Crippen molar-refractivity contribution >= 4 is 49.0 Å². The minimum atomic E-state index is -4.63. The Hall–Kier alpha value is -3.22. The van der Waals surface area contributed by atoms with E-state index in [0.29, 0.717) is 57.4 Å². The molecule has 0 saturated carbocycles. The van der Waals surface area contributed by atoms with Gasteiger partial charge in [-0.2, -0.15) is 15.3 Å². The maximum atomic E-state index is 12.0. The first-order valence-corrected chi connectivity index (χ1v) is 14.8. The van der Waals surface area contributed by atoms with Crippen LogP contribution in [0.15, 0.2) is 56.6 Å². The topological polar surface area (TPSA) is 213 Å². The fourth-order valence-electron chi connectivity index (χ4n) is 3.99. The third-order valence-corrected chi connectivity index (χ3v) is 8.35. The van der Waals surface area contributed by atoms with Gasteiger partial charge in [-0.1, -0.05) is 6.07 Å². The summed E-state index contributed by atoms with van der Waals surface area (Å²) in [4.78, 5) is 17.3. The fraction of sp³-hybridized carbons (Fsp3) is 0.400. The molecule has 0 aliphatic carbocycles. The molecule has 0 fully saturated rings. The zero-order chi connectivity index (χ0) is 30.2. The van der Waals surface area contributed by atoms with Gasteiger partial charge in [0.15, 0.2) is 6.04 Å². The first-order valence-electron chi connectivity index (χ1n) is 12.5. The summed E-state index contributed by atoms with van der Waals surface area (Å²) in [5, 5.41) is 48.1. The number of fused-ring (bicyclic) bond motifs is 1. The number of hydrogen-bond acceptors (Lipinski definition) is 13. The largest absolute Gasteiger partial charge is 0.744 e. The quantitative estimate of drug-likeness (QED) is 0.142. The predicted octanol–water partition coefficient (Wildman–Crippen LogP) is -0.356. The van der Waals surface area contributed by atoms with E-state index < -0.39 is 28.8 Å². The molecule has 1 aromatic heterocycles. The summed E-state index contributed by atoms with van der Waals surface area (Å²) in [6.45, 7) is 4.80. The number of amides is 1. The van der Waals surface area contributed by atoms with Crippen LogP contribution in [0.5, 0.6) is 0 Å². The number of aromatic nitrogens is 1. The van der Waals surface area contributed by atoms with E-state index in [2.05, 4.69) is 20.3 Å². The van der Waals surface area contributed by atoms with Crippen LogP contribution in [0.1, 0.15) is 12.5 Å². The Balaban J connectivity index is 0.000000397. The van der Waals surface area contributed by atoms with Crippen LogP contribution in [0, 0.1) is 6.92 Å². The van der Waals surface area contributed by atoms with Gasteiger partial charge in [0.1, 0.15) is 41.5 Å². The van der Waals surface area contributed by atoms with E-state index in [9.17, 15) is 17.8 Å². The molecular formula is C25H32N6O8S2. The molecule has 222 valence electrons. The van der Waals surface area contributed by atoms with Gasteiger partial charge in [-0.3, -0.25) is 4.79 Å². The molecule has 1 aliphatic heterocycles. The van der Waals surface area contributed by atoms with Gasteiger partial charge < -0.3 is 29.9 Å². The number of nitrogens with zero attached hydrogens (tertiary/aromatic N) is 5. The van der Waals surface area contributed by atoms with E-state index in [4.69, 9.17) is 20.4 Å². The summed E-state index contributed by atoms with van der Waals surface area (Å²) in [6.07, 6.45) is 0. The lowest BCUT2D eigenvalue weighted by molar-refractivity contribution is -0.901. The highest BCUT2D eigenvalue weighted by Crippen LogP contribution is 2.36. The Morgan fingerprint density at radius 3 is 2.12 bits per heavy atom. The van der Waals surface area contributed by atoms with Crippen molar-refractivity contribution in [1.82, 2.24) is 9.99 Å². The van der Waals surface area contributed by atoms with Gasteiger partial charge in [0.05, 0.1) is 46.3 Å². The van der Waals surface area contributed by atoms with E-state index >= 15 is 0 Å². The van der Waals surface area contributed by atoms with Crippen molar-refractivity contribution in [2.45, 2.75) is 24.8 Å². The number of hydrazone groups is 1. The molecule has 1 unspecified atom stereocenters. The fourth-order valence-corrected chi connectivity index (χ4v) is 6.28. The number of thiazole rings is 1. The molecule has 5 N–H and O–H groups in total. The maximum Gasteiger partial charge on any atom is 0.277 e. The molecule has 3 aromatic rings. The molecular weight excluding hydrogens is 576 g/mol. The minimum absolute atomic E-state index is 0.106. The average molecular weight is 609 g/mol. The number of aliphatic hydroxyl groups is 4. The molecule has 0 spiro atoms. The highest BCUT2D eigenvalue weighted by Gasteiger charge is 2.33. The zero-order valence-corrected chi connectivity index (χ0v) is 24.1. The second-order valence-corrected chi connectivity index (χ2v) is 11.3. The second kappa shape index (κ2) is 14.6. The second-order valence-electron chi connectivity index (χ2n) is 8.99. The molecule has 0 radical (unpaired) electrons. The molecule has 2 aromatic carbocycles. The van der Waals surface area contributed by atoms with E-state index in [1.807, 2.05) is 0 Å². The molecule has 4 rings (SSSR count). The summed E-state index contributed by atoms with van der Waals surface area (Å²) in [5.74, 6) is -0.450. The molecule has 16 heteroatoms. The lowest BCUT2D eigenvalue weighted by atomic mass is 10.2. The summed E-state index contributed by atoms with van der Waals surface area (Å²) in [5.41, 5.74) is 2.47. The van der Waals surface area contributed by atoms with Crippen LogP contribution >= 0.6 is 11.3 Å². The van der Waals surface area contributed by atoms with Crippen molar-refractivity contribution in [3.63, 3.8) is 0 Å². The number of hydrogen-bond donors (Lipinski definition) is 5. The van der Waals surface area contributed by atoms with Gasteiger partial charge in [0.2, 0.25) is 0 Å². The number of azo groups is 1. The summed E-state index contributed by atoms with van der Waals surface area (Å²) < 4.78 is 35.4. The summed E-state index contributed by atoms with van der Waals surface area (Å²) in [7, 11) is -4.63. The third kappa shape index (κ3) is 8.17. The standard InChI is InChI=1S/C19H17N5O5S2.C6H15NO3/c1-10-3-8-14-16(17(10)31(27,28)29)30-18(20-14)12-4-6-13(7-5-12)21-22-15-11(2)23-24(9-25)19(15)26;8-4-1-7(2-5-9)3-6-10/h3-8,15,25H,9H2,1-2H3,(H,27,28,29);8-10H,1-6H2. The van der Waals surface area contributed by atoms with Gasteiger partial charge >= 0.3 is 0 Å². The van der Waals surface area contributed by atoms with Crippen LogP contribution in [0.2, 0.25) is 0 Å². The van der Waals surface area contributed by atoms with E-state index in [1.165, 1.54) is 0 Å². The molecule has 0 bridgehead atoms. The van der Waals surface area contributed by atoms with Crippen molar-refractivity contribution < 1.29 is 43.1 Å².